The Morgan fingerprint density at radius 3 is 2.89 bits per heavy atom. The number of hydrogen-bond donors (Lipinski definition) is 0. The Morgan fingerprint density at radius 1 is 1.39 bits per heavy atom. The van der Waals surface area contributed by atoms with Crippen LogP contribution in [0, 0.1) is 11.8 Å². The molecule has 0 amide bonds. The first-order chi connectivity index (χ1) is 8.65. The Bertz CT molecular complexity index is 466. The van der Waals surface area contributed by atoms with Gasteiger partial charge in [-0.15, -0.1) is 0 Å². The van der Waals surface area contributed by atoms with Crippen LogP contribution in [-0.4, -0.2) is 23.9 Å². The molecule has 0 radical (unpaired) electrons. The van der Waals surface area contributed by atoms with Crippen molar-refractivity contribution in [2.24, 2.45) is 11.8 Å². The van der Waals surface area contributed by atoms with Gasteiger partial charge in [0, 0.05) is 19.5 Å². The molecule has 1 atom stereocenters. The summed E-state index contributed by atoms with van der Waals surface area (Å²) in [5, 5.41) is 1.08. The van der Waals surface area contributed by atoms with Crippen molar-refractivity contribution in [2.45, 2.75) is 39.5 Å². The molecule has 0 aromatic carbocycles. The third kappa shape index (κ3) is 2.07. The highest BCUT2D eigenvalue weighted by molar-refractivity contribution is 7.17. The summed E-state index contributed by atoms with van der Waals surface area (Å²) < 4.78 is 0. The number of aromatic nitrogens is 1. The fraction of sp³-hybridized carbons (Fsp3) is 0.714. The number of thiazole rings is 1. The van der Waals surface area contributed by atoms with Gasteiger partial charge in [-0.2, -0.15) is 0 Å². The predicted octanol–water partition coefficient (Wildman–Crippen LogP) is 3.14. The highest BCUT2D eigenvalue weighted by Crippen LogP contribution is 2.35. The topological polar surface area (TPSA) is 33.2 Å². The lowest BCUT2D eigenvalue weighted by Crippen LogP contribution is -2.20. The lowest BCUT2D eigenvalue weighted by molar-refractivity contribution is 0.0976. The third-order valence-corrected chi connectivity index (χ3v) is 5.39. The van der Waals surface area contributed by atoms with Gasteiger partial charge >= 0.3 is 0 Å². The molecule has 1 aliphatic carbocycles. The Morgan fingerprint density at radius 2 is 2.22 bits per heavy atom. The highest BCUT2D eigenvalue weighted by atomic mass is 32.1. The van der Waals surface area contributed by atoms with Crippen LogP contribution < -0.4 is 4.90 Å². The van der Waals surface area contributed by atoms with Gasteiger partial charge in [0.1, 0.15) is 0 Å². The molecule has 2 heterocycles. The minimum atomic E-state index is 0.305. The molecule has 3 nitrogen and oxygen atoms in total. The second-order valence-electron chi connectivity index (χ2n) is 5.79. The van der Waals surface area contributed by atoms with E-state index in [1.165, 1.54) is 6.42 Å². The fourth-order valence-electron chi connectivity index (χ4n) is 2.90. The van der Waals surface area contributed by atoms with Gasteiger partial charge in [-0.05, 0) is 31.1 Å². The molecule has 1 unspecified atom stereocenters. The van der Waals surface area contributed by atoms with Crippen LogP contribution in [0.15, 0.2) is 0 Å². The van der Waals surface area contributed by atoms with Crippen LogP contribution in [0.1, 0.15) is 48.5 Å². The molecule has 1 saturated heterocycles. The first-order valence-electron chi connectivity index (χ1n) is 6.93. The number of aryl methyl sites for hydroxylation is 1. The van der Waals surface area contributed by atoms with E-state index < -0.39 is 0 Å². The minimum absolute atomic E-state index is 0.305. The molecule has 0 bridgehead atoms. The monoisotopic (exact) mass is 264 g/mol. The number of carbonyl (C=O) groups is 1. The Hall–Kier alpha value is -0.900. The first kappa shape index (κ1) is 12.2. The van der Waals surface area contributed by atoms with E-state index in [0.29, 0.717) is 12.2 Å². The molecule has 1 aliphatic heterocycles. The third-order valence-electron chi connectivity index (χ3n) is 4.19. The smallest absolute Gasteiger partial charge is 0.186 e. The number of fused-ring (bicyclic) bond motifs is 1. The Labute approximate surface area is 112 Å². The number of nitrogens with zero attached hydrogens (tertiary/aromatic N) is 2. The zero-order valence-corrected chi connectivity index (χ0v) is 11.9. The lowest BCUT2D eigenvalue weighted by atomic mass is 9.95. The zero-order valence-electron chi connectivity index (χ0n) is 11.1. The van der Waals surface area contributed by atoms with E-state index in [-0.39, 0.29) is 0 Å². The second-order valence-corrected chi connectivity index (χ2v) is 6.77. The van der Waals surface area contributed by atoms with Crippen molar-refractivity contribution < 1.29 is 4.79 Å². The van der Waals surface area contributed by atoms with E-state index in [2.05, 4.69) is 18.7 Å². The van der Waals surface area contributed by atoms with E-state index in [4.69, 9.17) is 4.98 Å². The normalized spacial score (nSPS) is 23.8. The zero-order chi connectivity index (χ0) is 12.7. The van der Waals surface area contributed by atoms with Gasteiger partial charge in [-0.1, -0.05) is 25.2 Å². The number of carbonyl (C=O) groups excluding carboxylic acids is 1. The summed E-state index contributed by atoms with van der Waals surface area (Å²) in [5.74, 6) is 1.83. The van der Waals surface area contributed by atoms with Crippen molar-refractivity contribution in [2.75, 3.05) is 18.0 Å². The van der Waals surface area contributed by atoms with Crippen LogP contribution in [0.25, 0.3) is 0 Å². The van der Waals surface area contributed by atoms with Crippen LogP contribution in [0.3, 0.4) is 0 Å². The van der Waals surface area contributed by atoms with Crippen LogP contribution >= 0.6 is 11.3 Å². The van der Waals surface area contributed by atoms with Crippen molar-refractivity contribution >= 4 is 22.3 Å². The van der Waals surface area contributed by atoms with Crippen molar-refractivity contribution in [1.82, 2.24) is 4.98 Å². The quantitative estimate of drug-likeness (QED) is 0.822. The molecule has 0 spiro atoms. The molecule has 1 fully saturated rings. The van der Waals surface area contributed by atoms with Crippen LogP contribution in [-0.2, 0) is 6.42 Å². The summed E-state index contributed by atoms with van der Waals surface area (Å²) in [4.78, 5) is 19.8. The molecule has 18 heavy (non-hydrogen) atoms. The van der Waals surface area contributed by atoms with Crippen LogP contribution in [0.4, 0.5) is 5.13 Å². The number of Topliss-reactive ketones (excluding diaryl/α,β-unsaturated/α-hetero) is 1. The number of hydrogen-bond acceptors (Lipinski definition) is 4. The largest absolute Gasteiger partial charge is 0.348 e. The van der Waals surface area contributed by atoms with Crippen molar-refractivity contribution in [3.8, 4) is 0 Å². The molecule has 1 aromatic heterocycles. The molecule has 0 N–H and O–H groups in total. The van der Waals surface area contributed by atoms with Gasteiger partial charge in [0.25, 0.3) is 0 Å². The van der Waals surface area contributed by atoms with E-state index in [9.17, 15) is 4.79 Å². The van der Waals surface area contributed by atoms with Gasteiger partial charge in [0.15, 0.2) is 10.9 Å². The molecular weight excluding hydrogens is 244 g/mol. The van der Waals surface area contributed by atoms with Gasteiger partial charge < -0.3 is 4.90 Å². The predicted molar refractivity (Wildman–Crippen MR) is 74.5 cm³/mol. The number of anilines is 1. The summed E-state index contributed by atoms with van der Waals surface area (Å²) >= 11 is 1.62. The van der Waals surface area contributed by atoms with Gasteiger partial charge in [0.2, 0.25) is 0 Å². The summed E-state index contributed by atoms with van der Waals surface area (Å²) in [6, 6.07) is 0. The Balaban J connectivity index is 1.80. The van der Waals surface area contributed by atoms with Gasteiger partial charge in [0.05, 0.1) is 10.6 Å². The summed E-state index contributed by atoms with van der Waals surface area (Å²) in [5.41, 5.74) is 1.05. The summed E-state index contributed by atoms with van der Waals surface area (Å²) in [6.07, 6.45) is 3.93. The maximum Gasteiger partial charge on any atom is 0.186 e. The van der Waals surface area contributed by atoms with Crippen LogP contribution in [0.5, 0.6) is 0 Å². The molecule has 4 heteroatoms. The lowest BCUT2D eigenvalue weighted by Gasteiger charge is -2.16. The Kier molecular flexibility index (Phi) is 3.14. The van der Waals surface area contributed by atoms with E-state index in [1.54, 1.807) is 11.3 Å². The molecule has 0 saturated carbocycles. The maximum absolute atomic E-state index is 11.8. The number of rotatable bonds is 2. The molecule has 98 valence electrons. The standard InChI is InChI=1S/C14H20N2OS/c1-9(2)10-6-7-16(8-10)14-15-11-4-3-5-12(17)13(11)18-14/h9-10H,3-8H2,1-2H3. The maximum atomic E-state index is 11.8. The minimum Gasteiger partial charge on any atom is -0.348 e. The summed E-state index contributed by atoms with van der Waals surface area (Å²) in [7, 11) is 0. The molecule has 1 aromatic rings. The van der Waals surface area contributed by atoms with Crippen molar-refractivity contribution in [3.63, 3.8) is 0 Å². The number of ketones is 1. The molecular formula is C14H20N2OS. The highest BCUT2D eigenvalue weighted by Gasteiger charge is 2.29. The van der Waals surface area contributed by atoms with Crippen molar-refractivity contribution in [3.05, 3.63) is 10.6 Å². The average Bonchev–Trinajstić information content (AvgIpc) is 2.95. The SMILES string of the molecule is CC(C)C1CCN(c2nc3c(s2)C(=O)CCC3)C1. The van der Waals surface area contributed by atoms with Gasteiger partial charge in [-0.25, -0.2) is 4.98 Å². The summed E-state index contributed by atoms with van der Waals surface area (Å²) in [6.45, 7) is 6.80. The van der Waals surface area contributed by atoms with E-state index >= 15 is 0 Å². The molecule has 3 rings (SSSR count). The van der Waals surface area contributed by atoms with E-state index in [0.717, 1.165) is 53.5 Å². The average molecular weight is 264 g/mol. The van der Waals surface area contributed by atoms with Crippen LogP contribution in [0.2, 0.25) is 0 Å². The van der Waals surface area contributed by atoms with Crippen molar-refractivity contribution in [1.29, 1.82) is 0 Å². The molecule has 2 aliphatic rings. The first-order valence-corrected chi connectivity index (χ1v) is 7.74. The second kappa shape index (κ2) is 4.65. The van der Waals surface area contributed by atoms with Gasteiger partial charge in [-0.3, -0.25) is 4.79 Å². The fourth-order valence-corrected chi connectivity index (χ4v) is 4.01. The van der Waals surface area contributed by atoms with E-state index in [1.807, 2.05) is 0 Å².